The summed E-state index contributed by atoms with van der Waals surface area (Å²) in [7, 11) is -4.05. The first-order valence-electron chi connectivity index (χ1n) is 9.07. The lowest BCUT2D eigenvalue weighted by Gasteiger charge is -2.29. The summed E-state index contributed by atoms with van der Waals surface area (Å²) in [4.78, 5) is 23.2. The number of nitro groups is 1. The molecule has 2 aromatic rings. The van der Waals surface area contributed by atoms with Gasteiger partial charge in [0, 0.05) is 30.2 Å². The number of non-ortho nitro benzene ring substituents is 1. The van der Waals surface area contributed by atoms with Crippen LogP contribution < -0.4 is 5.32 Å². The third-order valence-corrected chi connectivity index (χ3v) is 6.85. The van der Waals surface area contributed by atoms with E-state index < -0.39 is 21.0 Å². The Morgan fingerprint density at radius 2 is 1.90 bits per heavy atom. The van der Waals surface area contributed by atoms with E-state index in [4.69, 9.17) is 11.6 Å². The van der Waals surface area contributed by atoms with Crippen molar-refractivity contribution < 1.29 is 18.1 Å². The summed E-state index contributed by atoms with van der Waals surface area (Å²) in [5.74, 6) is -0.370. The highest BCUT2D eigenvalue weighted by molar-refractivity contribution is 7.89. The number of hydrogen-bond donors (Lipinski definition) is 1. The number of nitrogens with zero attached hydrogens (tertiary/aromatic N) is 2. The van der Waals surface area contributed by atoms with Crippen LogP contribution in [0.25, 0.3) is 0 Å². The maximum Gasteiger partial charge on any atom is 0.269 e. The zero-order valence-corrected chi connectivity index (χ0v) is 17.0. The SMILES string of the molecule is O=C1NCCCCC1N(Cc1cccc([N+](=O)[O-])c1)S(=O)(=O)c1ccc(Cl)cc1. The van der Waals surface area contributed by atoms with Gasteiger partial charge in [-0.15, -0.1) is 0 Å². The second-order valence-corrected chi connectivity index (χ2v) is 9.06. The van der Waals surface area contributed by atoms with Crippen LogP contribution >= 0.6 is 11.6 Å². The topological polar surface area (TPSA) is 110 Å². The highest BCUT2D eigenvalue weighted by atomic mass is 35.5. The Morgan fingerprint density at radius 1 is 1.17 bits per heavy atom. The van der Waals surface area contributed by atoms with Crippen molar-refractivity contribution in [3.8, 4) is 0 Å². The summed E-state index contributed by atoms with van der Waals surface area (Å²) >= 11 is 5.88. The maximum absolute atomic E-state index is 13.4. The summed E-state index contributed by atoms with van der Waals surface area (Å²) < 4.78 is 27.9. The fourth-order valence-corrected chi connectivity index (χ4v) is 4.98. The number of carbonyl (C=O) groups is 1. The van der Waals surface area contributed by atoms with Gasteiger partial charge < -0.3 is 5.32 Å². The zero-order chi connectivity index (χ0) is 21.0. The number of benzene rings is 2. The maximum atomic E-state index is 13.4. The van der Waals surface area contributed by atoms with Gasteiger partial charge in [-0.1, -0.05) is 23.7 Å². The van der Waals surface area contributed by atoms with Gasteiger partial charge in [-0.3, -0.25) is 14.9 Å². The molecule has 1 unspecified atom stereocenters. The quantitative estimate of drug-likeness (QED) is 0.551. The van der Waals surface area contributed by atoms with Crippen molar-refractivity contribution in [3.05, 3.63) is 69.2 Å². The molecule has 8 nitrogen and oxygen atoms in total. The Morgan fingerprint density at radius 3 is 2.59 bits per heavy atom. The van der Waals surface area contributed by atoms with Crippen LogP contribution in [-0.4, -0.2) is 36.1 Å². The zero-order valence-electron chi connectivity index (χ0n) is 15.5. The molecule has 1 aliphatic rings. The van der Waals surface area contributed by atoms with Crippen molar-refractivity contribution >= 4 is 33.2 Å². The number of nitro benzene ring substituents is 1. The van der Waals surface area contributed by atoms with Gasteiger partial charge in [0.2, 0.25) is 15.9 Å². The van der Waals surface area contributed by atoms with Crippen molar-refractivity contribution in [3.63, 3.8) is 0 Å². The van der Waals surface area contributed by atoms with Crippen LogP contribution in [0.15, 0.2) is 53.4 Å². The van der Waals surface area contributed by atoms with Crippen LogP contribution in [0.4, 0.5) is 5.69 Å². The smallest absolute Gasteiger partial charge is 0.269 e. The molecule has 1 saturated heterocycles. The lowest BCUT2D eigenvalue weighted by molar-refractivity contribution is -0.384. The lowest BCUT2D eigenvalue weighted by atomic mass is 10.1. The number of halogens is 1. The van der Waals surface area contributed by atoms with E-state index >= 15 is 0 Å². The Labute approximate surface area is 173 Å². The molecule has 2 aromatic carbocycles. The van der Waals surface area contributed by atoms with Crippen molar-refractivity contribution in [2.24, 2.45) is 0 Å². The number of carbonyl (C=O) groups excluding carboxylic acids is 1. The van der Waals surface area contributed by atoms with Crippen molar-refractivity contribution in [2.45, 2.75) is 36.7 Å². The van der Waals surface area contributed by atoms with E-state index in [1.807, 2.05) is 0 Å². The van der Waals surface area contributed by atoms with E-state index in [2.05, 4.69) is 5.32 Å². The molecule has 1 N–H and O–H groups in total. The molecule has 0 aliphatic carbocycles. The number of amides is 1. The normalized spacial score (nSPS) is 17.6. The number of hydrogen-bond acceptors (Lipinski definition) is 5. The fraction of sp³-hybridized carbons (Fsp3) is 0.316. The molecule has 1 atom stereocenters. The molecular weight excluding hydrogens is 418 g/mol. The summed E-state index contributed by atoms with van der Waals surface area (Å²) in [5, 5.41) is 14.2. The summed E-state index contributed by atoms with van der Waals surface area (Å²) in [6.45, 7) is 0.325. The van der Waals surface area contributed by atoms with E-state index in [1.165, 1.54) is 42.5 Å². The minimum absolute atomic E-state index is 0.00405. The van der Waals surface area contributed by atoms with E-state index in [9.17, 15) is 23.3 Å². The highest BCUT2D eigenvalue weighted by Gasteiger charge is 2.36. The Kier molecular flexibility index (Phi) is 6.51. The molecule has 154 valence electrons. The van der Waals surface area contributed by atoms with Gasteiger partial charge in [0.15, 0.2) is 0 Å². The van der Waals surface area contributed by atoms with Crippen LogP contribution in [-0.2, 0) is 21.4 Å². The first-order chi connectivity index (χ1) is 13.8. The molecule has 0 aromatic heterocycles. The van der Waals surface area contributed by atoms with Gasteiger partial charge >= 0.3 is 0 Å². The fourth-order valence-electron chi connectivity index (χ4n) is 3.25. The van der Waals surface area contributed by atoms with Crippen molar-refractivity contribution in [1.82, 2.24) is 9.62 Å². The monoisotopic (exact) mass is 437 g/mol. The molecule has 0 bridgehead atoms. The molecule has 1 amide bonds. The molecular formula is C19H20ClN3O5S. The third kappa shape index (κ3) is 4.92. The molecule has 1 aliphatic heterocycles. The van der Waals surface area contributed by atoms with Gasteiger partial charge in [0.1, 0.15) is 6.04 Å². The predicted molar refractivity (Wildman–Crippen MR) is 108 cm³/mol. The third-order valence-electron chi connectivity index (χ3n) is 4.73. The first kappa shape index (κ1) is 21.2. The summed E-state index contributed by atoms with van der Waals surface area (Å²) in [5.41, 5.74) is 0.283. The van der Waals surface area contributed by atoms with E-state index in [-0.39, 0.29) is 23.0 Å². The van der Waals surface area contributed by atoms with E-state index in [0.717, 1.165) is 10.7 Å². The summed E-state index contributed by atoms with van der Waals surface area (Å²) in [6, 6.07) is 10.5. The number of sulfonamides is 1. The number of rotatable bonds is 6. The molecule has 1 heterocycles. The molecule has 3 rings (SSSR count). The molecule has 10 heteroatoms. The van der Waals surface area contributed by atoms with Gasteiger partial charge in [-0.2, -0.15) is 4.31 Å². The Balaban J connectivity index is 2.03. The Bertz CT molecular complexity index is 1010. The van der Waals surface area contributed by atoms with Gasteiger partial charge in [0.25, 0.3) is 5.69 Å². The highest BCUT2D eigenvalue weighted by Crippen LogP contribution is 2.26. The standard InChI is InChI=1S/C19H20ClN3O5S/c20-15-7-9-17(10-8-15)29(27,28)22(18-6-1-2-11-21-19(18)24)13-14-4-3-5-16(12-14)23(25)26/h3-5,7-10,12,18H,1-2,6,11,13H2,(H,21,24). The van der Waals surface area contributed by atoms with E-state index in [0.29, 0.717) is 30.0 Å². The van der Waals surface area contributed by atoms with Crippen molar-refractivity contribution in [2.75, 3.05) is 6.54 Å². The summed E-state index contributed by atoms with van der Waals surface area (Å²) in [6.07, 6.45) is 1.81. The lowest BCUT2D eigenvalue weighted by Crippen LogP contribution is -2.48. The van der Waals surface area contributed by atoms with Crippen LogP contribution in [0.1, 0.15) is 24.8 Å². The Hall–Kier alpha value is -2.49. The largest absolute Gasteiger partial charge is 0.355 e. The molecule has 0 spiro atoms. The predicted octanol–water partition coefficient (Wildman–Crippen LogP) is 3.11. The van der Waals surface area contributed by atoms with Gasteiger partial charge in [-0.05, 0) is 49.1 Å². The average Bonchev–Trinajstić information content (AvgIpc) is 2.91. The van der Waals surface area contributed by atoms with Crippen molar-refractivity contribution in [1.29, 1.82) is 0 Å². The van der Waals surface area contributed by atoms with E-state index in [1.54, 1.807) is 6.07 Å². The van der Waals surface area contributed by atoms with Crippen LogP contribution in [0, 0.1) is 10.1 Å². The second-order valence-electron chi connectivity index (χ2n) is 6.73. The number of nitrogens with one attached hydrogen (secondary N) is 1. The molecule has 0 saturated carbocycles. The van der Waals surface area contributed by atoms with Crippen LogP contribution in [0.5, 0.6) is 0 Å². The minimum atomic E-state index is -4.05. The molecule has 0 radical (unpaired) electrons. The van der Waals surface area contributed by atoms with Gasteiger partial charge in [0.05, 0.1) is 9.82 Å². The average molecular weight is 438 g/mol. The molecule has 29 heavy (non-hydrogen) atoms. The first-order valence-corrected chi connectivity index (χ1v) is 10.9. The second kappa shape index (κ2) is 8.89. The minimum Gasteiger partial charge on any atom is -0.355 e. The molecule has 1 fully saturated rings. The van der Waals surface area contributed by atoms with Crippen LogP contribution in [0.2, 0.25) is 5.02 Å². The van der Waals surface area contributed by atoms with Crippen LogP contribution in [0.3, 0.4) is 0 Å². The van der Waals surface area contributed by atoms with Gasteiger partial charge in [-0.25, -0.2) is 8.42 Å².